The molecule has 88 valence electrons. The minimum atomic E-state index is 0.422. The fourth-order valence-corrected chi connectivity index (χ4v) is 2.74. The van der Waals surface area contributed by atoms with Crippen molar-refractivity contribution in [3.8, 4) is 0 Å². The van der Waals surface area contributed by atoms with Crippen LogP contribution in [-0.2, 0) is 11.2 Å². The molecule has 0 bridgehead atoms. The van der Waals surface area contributed by atoms with E-state index in [-0.39, 0.29) is 0 Å². The molecule has 2 unspecified atom stereocenters. The predicted molar refractivity (Wildman–Crippen MR) is 61.1 cm³/mol. The van der Waals surface area contributed by atoms with Crippen LogP contribution in [0.25, 0.3) is 0 Å². The quantitative estimate of drug-likeness (QED) is 0.829. The highest BCUT2D eigenvalue weighted by Gasteiger charge is 2.41. The molecule has 1 aromatic rings. The fourth-order valence-electron chi connectivity index (χ4n) is 2.74. The molecule has 2 heterocycles. The third-order valence-electron chi connectivity index (χ3n) is 3.69. The number of nitrogens with two attached hydrogens (primary N) is 1. The maximum absolute atomic E-state index is 5.87. The van der Waals surface area contributed by atoms with Crippen LogP contribution in [0.3, 0.4) is 0 Å². The molecule has 2 N–H and O–H groups in total. The van der Waals surface area contributed by atoms with Crippen LogP contribution in [0.15, 0.2) is 12.5 Å². The summed E-state index contributed by atoms with van der Waals surface area (Å²) < 4.78 is 8.16. The van der Waals surface area contributed by atoms with Gasteiger partial charge in [0.05, 0.1) is 18.5 Å². The summed E-state index contributed by atoms with van der Waals surface area (Å²) in [6.45, 7) is 1.58. The predicted octanol–water partition coefficient (Wildman–Crippen LogP) is 1.12. The summed E-state index contributed by atoms with van der Waals surface area (Å²) in [5.41, 5.74) is 6.88. The Morgan fingerprint density at radius 3 is 3.06 bits per heavy atom. The molecular formula is C12H19N3O. The summed E-state index contributed by atoms with van der Waals surface area (Å²) in [7, 11) is 0. The van der Waals surface area contributed by atoms with E-state index in [1.54, 1.807) is 0 Å². The topological polar surface area (TPSA) is 53.1 Å². The molecule has 3 rings (SSSR count). The number of nitrogens with zero attached hydrogens (tertiary/aromatic N) is 2. The van der Waals surface area contributed by atoms with E-state index in [0.717, 1.165) is 25.4 Å². The minimum absolute atomic E-state index is 0.422. The Hall–Kier alpha value is -0.870. The first-order chi connectivity index (χ1) is 7.90. The molecule has 1 aromatic heterocycles. The Labute approximate surface area is 95.8 Å². The van der Waals surface area contributed by atoms with Gasteiger partial charge in [0, 0.05) is 24.9 Å². The van der Waals surface area contributed by atoms with Gasteiger partial charge in [0.2, 0.25) is 0 Å². The molecule has 0 radical (unpaired) electrons. The Kier molecular flexibility index (Phi) is 2.69. The van der Waals surface area contributed by atoms with Gasteiger partial charge in [-0.3, -0.25) is 0 Å². The number of ether oxygens (including phenoxy) is 1. The molecule has 1 saturated carbocycles. The fraction of sp³-hybridized carbons (Fsp3) is 0.750. The molecule has 2 fully saturated rings. The molecule has 2 atom stereocenters. The number of imidazole rings is 1. The molecule has 4 nitrogen and oxygen atoms in total. The monoisotopic (exact) mass is 221 g/mol. The highest BCUT2D eigenvalue weighted by Crippen LogP contribution is 2.43. The highest BCUT2D eigenvalue weighted by atomic mass is 16.5. The van der Waals surface area contributed by atoms with E-state index in [1.807, 2.05) is 12.5 Å². The first-order valence-electron chi connectivity index (χ1n) is 6.22. The number of rotatable bonds is 4. The normalized spacial score (nSPS) is 29.8. The lowest BCUT2D eigenvalue weighted by atomic mass is 10.1. The largest absolute Gasteiger partial charge is 0.376 e. The van der Waals surface area contributed by atoms with Crippen molar-refractivity contribution in [1.82, 2.24) is 9.55 Å². The standard InChI is InChI=1S/C12H19N3O/c13-5-3-10-7-14-8-15(10)11-4-6-16-12(11)9-1-2-9/h7-9,11-12H,1-6,13H2. The van der Waals surface area contributed by atoms with Gasteiger partial charge in [-0.05, 0) is 31.7 Å². The van der Waals surface area contributed by atoms with Gasteiger partial charge in [-0.15, -0.1) is 0 Å². The summed E-state index contributed by atoms with van der Waals surface area (Å²) in [6, 6.07) is 0.497. The molecule has 1 saturated heterocycles. The second kappa shape index (κ2) is 4.18. The average Bonchev–Trinajstić information content (AvgIpc) is 2.85. The van der Waals surface area contributed by atoms with Crippen LogP contribution in [0, 0.1) is 5.92 Å². The van der Waals surface area contributed by atoms with Gasteiger partial charge in [-0.1, -0.05) is 0 Å². The van der Waals surface area contributed by atoms with E-state index in [2.05, 4.69) is 9.55 Å². The molecule has 1 aliphatic carbocycles. The van der Waals surface area contributed by atoms with Gasteiger partial charge in [-0.2, -0.15) is 0 Å². The van der Waals surface area contributed by atoms with Crippen molar-refractivity contribution in [2.24, 2.45) is 11.7 Å². The van der Waals surface area contributed by atoms with Crippen LogP contribution in [0.1, 0.15) is 31.0 Å². The van der Waals surface area contributed by atoms with Gasteiger partial charge >= 0.3 is 0 Å². The second-order valence-corrected chi connectivity index (χ2v) is 4.86. The average molecular weight is 221 g/mol. The lowest BCUT2D eigenvalue weighted by molar-refractivity contribution is 0.0746. The summed E-state index contributed by atoms with van der Waals surface area (Å²) in [6.07, 6.45) is 9.01. The Morgan fingerprint density at radius 1 is 1.44 bits per heavy atom. The zero-order valence-corrected chi connectivity index (χ0v) is 9.51. The van der Waals surface area contributed by atoms with Crippen LogP contribution in [0.4, 0.5) is 0 Å². The van der Waals surface area contributed by atoms with Crippen molar-refractivity contribution in [1.29, 1.82) is 0 Å². The molecule has 0 amide bonds. The molecule has 2 aliphatic rings. The van der Waals surface area contributed by atoms with Crippen molar-refractivity contribution in [3.05, 3.63) is 18.2 Å². The summed E-state index contributed by atoms with van der Waals surface area (Å²) in [5, 5.41) is 0. The smallest absolute Gasteiger partial charge is 0.0951 e. The Balaban J connectivity index is 1.81. The van der Waals surface area contributed by atoms with E-state index in [4.69, 9.17) is 10.5 Å². The van der Waals surface area contributed by atoms with Crippen LogP contribution < -0.4 is 5.73 Å². The third kappa shape index (κ3) is 1.76. The lowest BCUT2D eigenvalue weighted by Crippen LogP contribution is -2.23. The zero-order chi connectivity index (χ0) is 11.0. The number of aromatic nitrogens is 2. The van der Waals surface area contributed by atoms with E-state index in [0.29, 0.717) is 18.7 Å². The van der Waals surface area contributed by atoms with Crippen LogP contribution >= 0.6 is 0 Å². The van der Waals surface area contributed by atoms with E-state index in [9.17, 15) is 0 Å². The minimum Gasteiger partial charge on any atom is -0.376 e. The van der Waals surface area contributed by atoms with Crippen molar-refractivity contribution < 1.29 is 4.74 Å². The van der Waals surface area contributed by atoms with Crippen molar-refractivity contribution in [2.45, 2.75) is 37.8 Å². The zero-order valence-electron chi connectivity index (χ0n) is 9.51. The Morgan fingerprint density at radius 2 is 2.31 bits per heavy atom. The Bertz CT molecular complexity index is 359. The molecular weight excluding hydrogens is 202 g/mol. The molecule has 0 spiro atoms. The first-order valence-corrected chi connectivity index (χ1v) is 6.22. The third-order valence-corrected chi connectivity index (χ3v) is 3.69. The maximum atomic E-state index is 5.87. The second-order valence-electron chi connectivity index (χ2n) is 4.86. The van der Waals surface area contributed by atoms with Gasteiger partial charge in [0.25, 0.3) is 0 Å². The summed E-state index contributed by atoms with van der Waals surface area (Å²) >= 11 is 0. The van der Waals surface area contributed by atoms with Gasteiger partial charge in [0.1, 0.15) is 0 Å². The first kappa shape index (κ1) is 10.3. The molecule has 1 aliphatic heterocycles. The van der Waals surface area contributed by atoms with Crippen molar-refractivity contribution in [2.75, 3.05) is 13.2 Å². The van der Waals surface area contributed by atoms with Crippen molar-refractivity contribution in [3.63, 3.8) is 0 Å². The van der Waals surface area contributed by atoms with E-state index < -0.39 is 0 Å². The SMILES string of the molecule is NCCc1cncn1C1CCOC1C1CC1. The maximum Gasteiger partial charge on any atom is 0.0951 e. The van der Waals surface area contributed by atoms with Gasteiger partial charge < -0.3 is 15.0 Å². The molecule has 16 heavy (non-hydrogen) atoms. The van der Waals surface area contributed by atoms with Crippen molar-refractivity contribution >= 4 is 0 Å². The van der Waals surface area contributed by atoms with E-state index in [1.165, 1.54) is 18.5 Å². The van der Waals surface area contributed by atoms with Gasteiger partial charge in [0.15, 0.2) is 0 Å². The van der Waals surface area contributed by atoms with Crippen LogP contribution in [-0.4, -0.2) is 28.8 Å². The molecule has 4 heteroatoms. The number of hydrogen-bond acceptors (Lipinski definition) is 3. The highest BCUT2D eigenvalue weighted by molar-refractivity contribution is 5.05. The summed E-state index contributed by atoms with van der Waals surface area (Å²) in [5.74, 6) is 0.792. The number of hydrogen-bond donors (Lipinski definition) is 1. The lowest BCUT2D eigenvalue weighted by Gasteiger charge is -2.21. The summed E-state index contributed by atoms with van der Waals surface area (Å²) in [4.78, 5) is 4.25. The van der Waals surface area contributed by atoms with Crippen LogP contribution in [0.5, 0.6) is 0 Å². The van der Waals surface area contributed by atoms with E-state index >= 15 is 0 Å². The van der Waals surface area contributed by atoms with Gasteiger partial charge in [-0.25, -0.2) is 4.98 Å². The molecule has 0 aromatic carbocycles. The van der Waals surface area contributed by atoms with Crippen LogP contribution in [0.2, 0.25) is 0 Å².